The summed E-state index contributed by atoms with van der Waals surface area (Å²) < 4.78 is 9.27. The average molecular weight is 432 g/mol. The number of nitrogens with one attached hydrogen (secondary N) is 1. The zero-order chi connectivity index (χ0) is 22.4. The molecule has 0 aliphatic carbocycles. The van der Waals surface area contributed by atoms with Gasteiger partial charge in [0.25, 0.3) is 0 Å². The molecule has 9 heteroatoms. The van der Waals surface area contributed by atoms with E-state index < -0.39 is 0 Å². The lowest BCUT2D eigenvalue weighted by Crippen LogP contribution is -2.25. The van der Waals surface area contributed by atoms with Crippen LogP contribution in [0.15, 0.2) is 36.4 Å². The molecule has 0 radical (unpaired) electrons. The van der Waals surface area contributed by atoms with Crippen LogP contribution < -0.4 is 10.1 Å². The number of carbonyl (C=O) groups excluding carboxylic acids is 1. The fourth-order valence-corrected chi connectivity index (χ4v) is 4.08. The lowest BCUT2D eigenvalue weighted by Gasteiger charge is -2.24. The molecule has 0 bridgehead atoms. The van der Waals surface area contributed by atoms with Gasteiger partial charge in [0.05, 0.1) is 12.3 Å². The minimum atomic E-state index is -0.115. The second kappa shape index (κ2) is 7.74. The highest BCUT2D eigenvalue weighted by molar-refractivity contribution is 5.95. The topological polar surface area (TPSA) is 99.2 Å². The fraction of sp³-hybridized carbons (Fsp3) is 0.348. The van der Waals surface area contributed by atoms with Gasteiger partial charge >= 0.3 is 0 Å². The first-order valence-corrected chi connectivity index (χ1v) is 10.7. The third-order valence-electron chi connectivity index (χ3n) is 5.57. The molecule has 9 nitrogen and oxygen atoms in total. The number of amides is 1. The van der Waals surface area contributed by atoms with E-state index >= 15 is 0 Å². The van der Waals surface area contributed by atoms with Crippen LogP contribution in [0.1, 0.15) is 48.8 Å². The number of anilines is 1. The first-order chi connectivity index (χ1) is 15.4. The van der Waals surface area contributed by atoms with Crippen molar-refractivity contribution in [3.63, 3.8) is 0 Å². The molecule has 164 valence electrons. The lowest BCUT2D eigenvalue weighted by molar-refractivity contribution is -0.116. The summed E-state index contributed by atoms with van der Waals surface area (Å²) in [5.41, 5.74) is 3.53. The van der Waals surface area contributed by atoms with Gasteiger partial charge in [-0.05, 0) is 49.6 Å². The van der Waals surface area contributed by atoms with Crippen molar-refractivity contribution in [1.29, 1.82) is 0 Å². The Morgan fingerprint density at radius 2 is 2.00 bits per heavy atom. The third-order valence-corrected chi connectivity index (χ3v) is 5.57. The highest BCUT2D eigenvalue weighted by atomic mass is 16.5. The van der Waals surface area contributed by atoms with E-state index in [2.05, 4.69) is 34.5 Å². The van der Waals surface area contributed by atoms with Crippen molar-refractivity contribution >= 4 is 17.4 Å². The smallest absolute Gasteiger partial charge is 0.226 e. The normalized spacial score (nSPS) is 15.8. The Hall–Kier alpha value is -3.75. The average Bonchev–Trinajstić information content (AvgIpc) is 3.31. The molecular weight excluding hydrogens is 406 g/mol. The third kappa shape index (κ3) is 3.49. The number of benzene rings is 1. The molecule has 5 rings (SSSR count). The van der Waals surface area contributed by atoms with Crippen LogP contribution in [0.4, 0.5) is 5.82 Å². The number of nitrogens with zero attached hydrogens (tertiary/aromatic N) is 6. The van der Waals surface area contributed by atoms with Gasteiger partial charge < -0.3 is 10.1 Å². The van der Waals surface area contributed by atoms with E-state index in [0.29, 0.717) is 42.1 Å². The van der Waals surface area contributed by atoms with Crippen LogP contribution in [0.2, 0.25) is 0 Å². The maximum absolute atomic E-state index is 12.7. The van der Waals surface area contributed by atoms with Crippen molar-refractivity contribution in [1.82, 2.24) is 29.6 Å². The predicted molar refractivity (Wildman–Crippen MR) is 119 cm³/mol. The molecule has 0 saturated carbocycles. The van der Waals surface area contributed by atoms with Crippen LogP contribution in [0, 0.1) is 19.8 Å². The van der Waals surface area contributed by atoms with Crippen LogP contribution in [0.5, 0.6) is 5.75 Å². The van der Waals surface area contributed by atoms with Crippen molar-refractivity contribution < 1.29 is 9.53 Å². The van der Waals surface area contributed by atoms with Gasteiger partial charge in [-0.3, -0.25) is 4.79 Å². The first kappa shape index (κ1) is 20.2. The van der Waals surface area contributed by atoms with E-state index in [0.717, 1.165) is 22.6 Å². The Kier molecular flexibility index (Phi) is 4.88. The number of aryl methyl sites for hydroxylation is 2. The molecule has 1 atom stereocenters. The zero-order valence-corrected chi connectivity index (χ0v) is 18.5. The van der Waals surface area contributed by atoms with E-state index in [1.165, 1.54) is 0 Å². The van der Waals surface area contributed by atoms with E-state index in [1.54, 1.807) is 9.20 Å². The summed E-state index contributed by atoms with van der Waals surface area (Å²) in [5, 5.41) is 20.5. The number of rotatable bonds is 5. The predicted octanol–water partition coefficient (Wildman–Crippen LogP) is 3.44. The van der Waals surface area contributed by atoms with Gasteiger partial charge in [-0.2, -0.15) is 14.3 Å². The van der Waals surface area contributed by atoms with E-state index in [9.17, 15) is 4.79 Å². The monoisotopic (exact) mass is 431 g/mol. The van der Waals surface area contributed by atoms with Crippen LogP contribution in [0.3, 0.4) is 0 Å². The minimum Gasteiger partial charge on any atom is -0.493 e. The number of carbonyl (C=O) groups is 1. The Balaban J connectivity index is 1.58. The standard InChI is InChI=1S/C23H25N7O2/c1-13(2)12-32-17-7-5-6-16(10-17)18-11-21(31)24-23-22(18)14(3)27-30(23)20-9-8-19-26-25-15(4)29(19)28-20/h5-10,13,18H,11-12H2,1-4H3,(H,24,31)/t18-/m1/s1. The van der Waals surface area contributed by atoms with Crippen LogP contribution >= 0.6 is 0 Å². The molecular formula is C23H25N7O2. The molecule has 1 amide bonds. The highest BCUT2D eigenvalue weighted by Crippen LogP contribution is 2.40. The summed E-state index contributed by atoms with van der Waals surface area (Å²) in [7, 11) is 0. The van der Waals surface area contributed by atoms with E-state index in [-0.39, 0.29) is 11.8 Å². The second-order valence-electron chi connectivity index (χ2n) is 8.55. The number of hydrogen-bond acceptors (Lipinski definition) is 6. The van der Waals surface area contributed by atoms with Gasteiger partial charge in [0.2, 0.25) is 5.91 Å². The Morgan fingerprint density at radius 3 is 2.81 bits per heavy atom. The minimum absolute atomic E-state index is 0.0568. The second-order valence-corrected chi connectivity index (χ2v) is 8.55. The van der Waals surface area contributed by atoms with Crippen molar-refractivity contribution in [2.45, 2.75) is 40.0 Å². The van der Waals surface area contributed by atoms with Gasteiger partial charge in [-0.1, -0.05) is 26.0 Å². The summed E-state index contributed by atoms with van der Waals surface area (Å²) in [6.07, 6.45) is 0.351. The molecule has 0 spiro atoms. The highest BCUT2D eigenvalue weighted by Gasteiger charge is 2.33. The van der Waals surface area contributed by atoms with Crippen LogP contribution in [-0.2, 0) is 4.79 Å². The summed E-state index contributed by atoms with van der Waals surface area (Å²) in [6, 6.07) is 11.7. The fourth-order valence-electron chi connectivity index (χ4n) is 4.08. The maximum atomic E-state index is 12.7. The Bertz CT molecular complexity index is 1320. The molecule has 1 aliphatic rings. The number of aromatic nitrogens is 6. The molecule has 0 saturated heterocycles. The summed E-state index contributed by atoms with van der Waals surface area (Å²) >= 11 is 0. The van der Waals surface area contributed by atoms with Gasteiger partial charge in [0.15, 0.2) is 17.3 Å². The van der Waals surface area contributed by atoms with Gasteiger partial charge in [0, 0.05) is 17.9 Å². The number of hydrogen-bond donors (Lipinski definition) is 1. The molecule has 1 aliphatic heterocycles. The molecule has 0 fully saturated rings. The molecule has 4 heterocycles. The Morgan fingerprint density at radius 1 is 1.16 bits per heavy atom. The number of ether oxygens (including phenoxy) is 1. The van der Waals surface area contributed by atoms with Crippen molar-refractivity contribution in [3.05, 3.63) is 59.0 Å². The summed E-state index contributed by atoms with van der Waals surface area (Å²) in [5.74, 6) is 2.98. The van der Waals surface area contributed by atoms with E-state index in [1.807, 2.05) is 50.2 Å². The molecule has 1 aromatic carbocycles. The van der Waals surface area contributed by atoms with Crippen molar-refractivity contribution in [3.8, 4) is 11.6 Å². The van der Waals surface area contributed by atoms with E-state index in [4.69, 9.17) is 9.84 Å². The number of fused-ring (bicyclic) bond motifs is 2. The summed E-state index contributed by atoms with van der Waals surface area (Å²) in [6.45, 7) is 8.68. The van der Waals surface area contributed by atoms with Gasteiger partial charge in [0.1, 0.15) is 11.6 Å². The van der Waals surface area contributed by atoms with Gasteiger partial charge in [-0.25, -0.2) is 0 Å². The quantitative estimate of drug-likeness (QED) is 0.520. The molecule has 32 heavy (non-hydrogen) atoms. The van der Waals surface area contributed by atoms with Crippen molar-refractivity contribution in [2.24, 2.45) is 5.92 Å². The maximum Gasteiger partial charge on any atom is 0.226 e. The first-order valence-electron chi connectivity index (χ1n) is 10.7. The molecule has 1 N–H and O–H groups in total. The van der Waals surface area contributed by atoms with Crippen molar-refractivity contribution in [2.75, 3.05) is 11.9 Å². The largest absolute Gasteiger partial charge is 0.493 e. The zero-order valence-electron chi connectivity index (χ0n) is 18.5. The van der Waals surface area contributed by atoms with Crippen LogP contribution in [0.25, 0.3) is 11.5 Å². The van der Waals surface area contributed by atoms with Crippen LogP contribution in [-0.4, -0.2) is 42.1 Å². The van der Waals surface area contributed by atoms with Gasteiger partial charge in [-0.15, -0.1) is 15.3 Å². The SMILES string of the molecule is Cc1nn(-c2ccc3nnc(C)n3n2)c2c1[C@@H](c1cccc(OCC(C)C)c1)CC(=O)N2. The molecule has 0 unspecified atom stereocenters. The molecule has 3 aromatic heterocycles. The lowest BCUT2D eigenvalue weighted by atomic mass is 9.86. The summed E-state index contributed by atoms with van der Waals surface area (Å²) in [4.78, 5) is 12.7. The molecule has 4 aromatic rings. The Labute approximate surface area is 185 Å².